The molecule has 1 aromatic heterocycles. The molecule has 0 aliphatic carbocycles. The summed E-state index contributed by atoms with van der Waals surface area (Å²) in [5.41, 5.74) is 5.71. The van der Waals surface area contributed by atoms with Gasteiger partial charge >= 0.3 is 0 Å². The zero-order valence-corrected chi connectivity index (χ0v) is 8.94. The molecule has 3 N–H and O–H groups in total. The normalized spacial score (nSPS) is 13.5. The molecule has 1 atom stereocenters. The summed E-state index contributed by atoms with van der Waals surface area (Å²) in [6, 6.07) is 5.47. The number of aliphatic hydroxyl groups excluding tert-OH is 1. The number of pyridine rings is 1. The van der Waals surface area contributed by atoms with Crippen LogP contribution >= 0.6 is 24.8 Å². The molecule has 1 heterocycles. The lowest BCUT2D eigenvalue weighted by Crippen LogP contribution is -2.37. The average molecular weight is 225 g/mol. The molecular formula is C8H14Cl2N2O. The minimum atomic E-state index is -0.721. The zero-order chi connectivity index (χ0) is 8.32. The molecule has 0 saturated carbocycles. The van der Waals surface area contributed by atoms with Crippen molar-refractivity contribution in [3.05, 3.63) is 30.1 Å². The smallest absolute Gasteiger partial charge is 0.0789 e. The molecule has 13 heavy (non-hydrogen) atoms. The third-order valence-corrected chi connectivity index (χ3v) is 1.58. The van der Waals surface area contributed by atoms with Gasteiger partial charge < -0.3 is 10.8 Å². The fourth-order valence-electron chi connectivity index (χ4n) is 0.782. The monoisotopic (exact) mass is 224 g/mol. The first-order chi connectivity index (χ1) is 5.17. The highest BCUT2D eigenvalue weighted by atomic mass is 35.5. The predicted octanol–water partition coefficient (Wildman–Crippen LogP) is 1.09. The van der Waals surface area contributed by atoms with Crippen LogP contribution in [0.15, 0.2) is 24.4 Å². The van der Waals surface area contributed by atoms with Crippen LogP contribution in [-0.4, -0.2) is 16.7 Å². The van der Waals surface area contributed by atoms with Crippen LogP contribution in [0.5, 0.6) is 0 Å². The Morgan fingerprint density at radius 3 is 2.46 bits per heavy atom. The van der Waals surface area contributed by atoms with E-state index in [1.807, 2.05) is 12.1 Å². The summed E-state index contributed by atoms with van der Waals surface area (Å²) in [5, 5.41) is 8.88. The van der Waals surface area contributed by atoms with Gasteiger partial charge in [-0.25, -0.2) is 0 Å². The van der Waals surface area contributed by atoms with Gasteiger partial charge in [-0.2, -0.15) is 0 Å². The molecule has 0 radical (unpaired) electrons. The fourth-order valence-corrected chi connectivity index (χ4v) is 0.782. The van der Waals surface area contributed by atoms with Crippen molar-refractivity contribution in [2.24, 2.45) is 5.73 Å². The zero-order valence-electron chi connectivity index (χ0n) is 7.30. The number of nitrogens with two attached hydrogens (primary N) is 1. The minimum Gasteiger partial charge on any atom is -0.394 e. The lowest BCUT2D eigenvalue weighted by Gasteiger charge is -2.20. The first kappa shape index (κ1) is 15.1. The maximum absolute atomic E-state index is 8.88. The molecule has 76 valence electrons. The summed E-state index contributed by atoms with van der Waals surface area (Å²) in [6.45, 7) is 1.65. The average Bonchev–Trinajstić information content (AvgIpc) is 2.06. The summed E-state index contributed by atoms with van der Waals surface area (Å²) in [7, 11) is 0. The molecular weight excluding hydrogens is 211 g/mol. The lowest BCUT2D eigenvalue weighted by atomic mass is 10.0. The highest BCUT2D eigenvalue weighted by molar-refractivity contribution is 5.85. The molecule has 0 bridgehead atoms. The molecule has 5 heteroatoms. The van der Waals surface area contributed by atoms with E-state index in [4.69, 9.17) is 10.8 Å². The second kappa shape index (κ2) is 6.16. The third-order valence-electron chi connectivity index (χ3n) is 1.58. The van der Waals surface area contributed by atoms with Gasteiger partial charge in [-0.3, -0.25) is 4.98 Å². The molecule has 1 rings (SSSR count). The highest BCUT2D eigenvalue weighted by Crippen LogP contribution is 2.12. The number of rotatable bonds is 2. The summed E-state index contributed by atoms with van der Waals surface area (Å²) < 4.78 is 0. The van der Waals surface area contributed by atoms with Crippen LogP contribution in [-0.2, 0) is 5.54 Å². The van der Waals surface area contributed by atoms with E-state index < -0.39 is 5.54 Å². The van der Waals surface area contributed by atoms with Crippen LogP contribution < -0.4 is 5.73 Å². The van der Waals surface area contributed by atoms with Crippen molar-refractivity contribution >= 4 is 24.8 Å². The van der Waals surface area contributed by atoms with Gasteiger partial charge in [0.25, 0.3) is 0 Å². The van der Waals surface area contributed by atoms with Crippen LogP contribution in [0.1, 0.15) is 12.6 Å². The van der Waals surface area contributed by atoms with Crippen LogP contribution in [0.4, 0.5) is 0 Å². The van der Waals surface area contributed by atoms with Crippen molar-refractivity contribution in [1.29, 1.82) is 0 Å². The predicted molar refractivity (Wildman–Crippen MR) is 57.4 cm³/mol. The summed E-state index contributed by atoms with van der Waals surface area (Å²) in [4.78, 5) is 4.04. The van der Waals surface area contributed by atoms with Gasteiger partial charge in [0.15, 0.2) is 0 Å². The van der Waals surface area contributed by atoms with Crippen LogP contribution in [0.3, 0.4) is 0 Å². The Bertz CT molecular complexity index is 229. The van der Waals surface area contributed by atoms with Gasteiger partial charge in [-0.15, -0.1) is 24.8 Å². The van der Waals surface area contributed by atoms with Crippen molar-refractivity contribution in [1.82, 2.24) is 4.98 Å². The first-order valence-electron chi connectivity index (χ1n) is 3.48. The second-order valence-electron chi connectivity index (χ2n) is 2.79. The maximum Gasteiger partial charge on any atom is 0.0789 e. The van der Waals surface area contributed by atoms with Gasteiger partial charge in [-0.05, 0) is 19.1 Å². The Kier molecular flexibility index (Phi) is 7.17. The molecule has 1 aromatic rings. The topological polar surface area (TPSA) is 59.1 Å². The van der Waals surface area contributed by atoms with Gasteiger partial charge in [-0.1, -0.05) is 6.07 Å². The van der Waals surface area contributed by atoms with E-state index in [1.54, 1.807) is 19.2 Å². The number of hydrogen-bond acceptors (Lipinski definition) is 3. The third kappa shape index (κ3) is 3.91. The number of aliphatic hydroxyl groups is 1. The summed E-state index contributed by atoms with van der Waals surface area (Å²) >= 11 is 0. The van der Waals surface area contributed by atoms with Gasteiger partial charge in [0.05, 0.1) is 17.8 Å². The molecule has 3 nitrogen and oxygen atoms in total. The molecule has 1 unspecified atom stereocenters. The molecule has 0 amide bonds. The Balaban J connectivity index is 0. The van der Waals surface area contributed by atoms with E-state index in [2.05, 4.69) is 4.98 Å². The van der Waals surface area contributed by atoms with E-state index >= 15 is 0 Å². The molecule has 0 aliphatic rings. The molecule has 0 saturated heterocycles. The first-order valence-corrected chi connectivity index (χ1v) is 3.48. The van der Waals surface area contributed by atoms with E-state index in [0.717, 1.165) is 0 Å². The van der Waals surface area contributed by atoms with E-state index in [-0.39, 0.29) is 31.4 Å². The van der Waals surface area contributed by atoms with Crippen LogP contribution in [0.25, 0.3) is 0 Å². The number of nitrogens with zero attached hydrogens (tertiary/aromatic N) is 1. The highest BCUT2D eigenvalue weighted by Gasteiger charge is 2.20. The van der Waals surface area contributed by atoms with Crippen LogP contribution in [0, 0.1) is 0 Å². The lowest BCUT2D eigenvalue weighted by molar-refractivity contribution is 0.207. The van der Waals surface area contributed by atoms with Crippen molar-refractivity contribution in [3.8, 4) is 0 Å². The number of hydrogen-bond donors (Lipinski definition) is 2. The number of aromatic nitrogens is 1. The Morgan fingerprint density at radius 1 is 1.46 bits per heavy atom. The summed E-state index contributed by atoms with van der Waals surface area (Å²) in [5.74, 6) is 0. The fraction of sp³-hybridized carbons (Fsp3) is 0.375. The largest absolute Gasteiger partial charge is 0.394 e. The summed E-state index contributed by atoms with van der Waals surface area (Å²) in [6.07, 6.45) is 1.66. The SMILES string of the molecule is CC(N)(CO)c1ccccn1.Cl.Cl. The number of halogens is 2. The minimum absolute atomic E-state index is 0. The van der Waals surface area contributed by atoms with E-state index in [0.29, 0.717) is 5.69 Å². The van der Waals surface area contributed by atoms with Gasteiger partial charge in [0.2, 0.25) is 0 Å². The van der Waals surface area contributed by atoms with Crippen LogP contribution in [0.2, 0.25) is 0 Å². The maximum atomic E-state index is 8.88. The molecule has 0 spiro atoms. The van der Waals surface area contributed by atoms with Crippen molar-refractivity contribution in [2.75, 3.05) is 6.61 Å². The Morgan fingerprint density at radius 2 is 2.08 bits per heavy atom. The van der Waals surface area contributed by atoms with E-state index in [1.165, 1.54) is 0 Å². The second-order valence-corrected chi connectivity index (χ2v) is 2.79. The van der Waals surface area contributed by atoms with Crippen molar-refractivity contribution in [3.63, 3.8) is 0 Å². The van der Waals surface area contributed by atoms with Gasteiger partial charge in [0, 0.05) is 6.20 Å². The molecule has 0 fully saturated rings. The Labute approximate surface area is 90.2 Å². The van der Waals surface area contributed by atoms with Gasteiger partial charge in [0.1, 0.15) is 0 Å². The van der Waals surface area contributed by atoms with E-state index in [9.17, 15) is 0 Å². The van der Waals surface area contributed by atoms with Crippen molar-refractivity contribution < 1.29 is 5.11 Å². The molecule has 0 aliphatic heterocycles. The molecule has 0 aromatic carbocycles. The quantitative estimate of drug-likeness (QED) is 0.792. The van der Waals surface area contributed by atoms with Crippen molar-refractivity contribution in [2.45, 2.75) is 12.5 Å². The standard InChI is InChI=1S/C8H12N2O.2ClH/c1-8(9,6-11)7-4-2-3-5-10-7;;/h2-5,11H,6,9H2,1H3;2*1H. The Hall–Kier alpha value is -0.350.